The molecule has 1 N–H and O–H groups in total. The predicted molar refractivity (Wildman–Crippen MR) is 83.2 cm³/mol. The van der Waals surface area contributed by atoms with Gasteiger partial charge in [-0.2, -0.15) is 0 Å². The Hall–Kier alpha value is -1.07. The number of halogens is 1. The molecule has 1 unspecified atom stereocenters. The highest BCUT2D eigenvalue weighted by Gasteiger charge is 2.45. The van der Waals surface area contributed by atoms with Crippen LogP contribution in [0.5, 0.6) is 0 Å². The van der Waals surface area contributed by atoms with Crippen LogP contribution in [0, 0.1) is 25.2 Å². The Balaban J connectivity index is 2.22. The molecule has 0 spiro atoms. The Morgan fingerprint density at radius 3 is 2.43 bits per heavy atom. The van der Waals surface area contributed by atoms with Crippen molar-refractivity contribution in [3.05, 3.63) is 28.8 Å². The maximum absolute atomic E-state index is 12.3. The number of hydrogen-bond donors (Lipinski definition) is 1. The van der Waals surface area contributed by atoms with Crippen molar-refractivity contribution >= 4 is 25.6 Å². The Morgan fingerprint density at radius 2 is 1.95 bits per heavy atom. The number of carbonyl (C=O) groups is 1. The van der Waals surface area contributed by atoms with E-state index in [0.29, 0.717) is 23.4 Å². The molecule has 1 aliphatic carbocycles. The third kappa shape index (κ3) is 3.58. The average molecular weight is 330 g/mol. The molecule has 1 amide bonds. The number of rotatable bonds is 4. The summed E-state index contributed by atoms with van der Waals surface area (Å²) >= 11 is 0. The number of benzene rings is 1. The second kappa shape index (κ2) is 5.29. The van der Waals surface area contributed by atoms with Crippen molar-refractivity contribution in [2.45, 2.75) is 39.0 Å². The standard InChI is InChI=1S/C15H20ClNO3S/c1-9-5-12(21(16,19)20)6-13(10(9)2)14(18)17-8-11-7-15(11,3)4/h5-6,11H,7-8H2,1-4H3,(H,17,18). The first-order valence-electron chi connectivity index (χ1n) is 6.86. The lowest BCUT2D eigenvalue weighted by Crippen LogP contribution is -2.27. The third-order valence-corrected chi connectivity index (χ3v) is 5.73. The molecule has 0 bridgehead atoms. The Kier molecular flexibility index (Phi) is 4.10. The van der Waals surface area contributed by atoms with E-state index in [2.05, 4.69) is 19.2 Å². The zero-order valence-electron chi connectivity index (χ0n) is 12.7. The van der Waals surface area contributed by atoms with Gasteiger partial charge >= 0.3 is 0 Å². The summed E-state index contributed by atoms with van der Waals surface area (Å²) < 4.78 is 22.9. The predicted octanol–water partition coefficient (Wildman–Crippen LogP) is 3.01. The normalized spacial score (nSPS) is 20.1. The molecule has 4 nitrogen and oxygen atoms in total. The van der Waals surface area contributed by atoms with Crippen LogP contribution in [-0.2, 0) is 9.05 Å². The van der Waals surface area contributed by atoms with Crippen LogP contribution in [0.25, 0.3) is 0 Å². The summed E-state index contributed by atoms with van der Waals surface area (Å²) in [6.45, 7) is 8.51. The van der Waals surface area contributed by atoms with E-state index in [1.807, 2.05) is 0 Å². The summed E-state index contributed by atoms with van der Waals surface area (Å²) in [5.41, 5.74) is 2.16. The van der Waals surface area contributed by atoms with E-state index in [9.17, 15) is 13.2 Å². The minimum atomic E-state index is -3.84. The SMILES string of the molecule is Cc1cc(S(=O)(=O)Cl)cc(C(=O)NCC2CC2(C)C)c1C. The summed E-state index contributed by atoms with van der Waals surface area (Å²) in [6, 6.07) is 2.83. The summed E-state index contributed by atoms with van der Waals surface area (Å²) in [5.74, 6) is 0.239. The number of carbonyl (C=O) groups excluding carboxylic acids is 1. The van der Waals surface area contributed by atoms with E-state index in [-0.39, 0.29) is 10.8 Å². The smallest absolute Gasteiger partial charge is 0.261 e. The van der Waals surface area contributed by atoms with Crippen LogP contribution in [0.4, 0.5) is 0 Å². The summed E-state index contributed by atoms with van der Waals surface area (Å²) in [4.78, 5) is 12.3. The van der Waals surface area contributed by atoms with Gasteiger partial charge in [-0.25, -0.2) is 8.42 Å². The first-order valence-corrected chi connectivity index (χ1v) is 9.17. The lowest BCUT2D eigenvalue weighted by atomic mass is 10.0. The van der Waals surface area contributed by atoms with Crippen molar-refractivity contribution < 1.29 is 13.2 Å². The van der Waals surface area contributed by atoms with Crippen LogP contribution in [0.15, 0.2) is 17.0 Å². The maximum Gasteiger partial charge on any atom is 0.261 e. The monoisotopic (exact) mass is 329 g/mol. The topological polar surface area (TPSA) is 63.2 Å². The molecule has 1 atom stereocenters. The summed E-state index contributed by atoms with van der Waals surface area (Å²) in [7, 11) is 1.53. The lowest BCUT2D eigenvalue weighted by molar-refractivity contribution is 0.0949. The second-order valence-electron chi connectivity index (χ2n) is 6.45. The molecule has 116 valence electrons. The van der Waals surface area contributed by atoms with Crippen molar-refractivity contribution in [3.8, 4) is 0 Å². The molecule has 1 aliphatic rings. The van der Waals surface area contributed by atoms with Crippen LogP contribution in [0.1, 0.15) is 41.8 Å². The molecule has 0 aliphatic heterocycles. The van der Waals surface area contributed by atoms with Crippen molar-refractivity contribution in [1.29, 1.82) is 0 Å². The molecule has 1 aromatic carbocycles. The average Bonchev–Trinajstić information content (AvgIpc) is 2.96. The number of nitrogens with one attached hydrogen (secondary N) is 1. The summed E-state index contributed by atoms with van der Waals surface area (Å²) in [5, 5.41) is 2.89. The Labute approximate surface area is 130 Å². The van der Waals surface area contributed by atoms with Crippen molar-refractivity contribution in [2.75, 3.05) is 6.54 Å². The lowest BCUT2D eigenvalue weighted by Gasteiger charge is -2.12. The van der Waals surface area contributed by atoms with E-state index < -0.39 is 9.05 Å². The largest absolute Gasteiger partial charge is 0.352 e. The van der Waals surface area contributed by atoms with Crippen LogP contribution in [-0.4, -0.2) is 20.9 Å². The van der Waals surface area contributed by atoms with Gasteiger partial charge in [0.2, 0.25) is 0 Å². The van der Waals surface area contributed by atoms with E-state index in [1.165, 1.54) is 12.1 Å². The highest BCUT2D eigenvalue weighted by atomic mass is 35.7. The van der Waals surface area contributed by atoms with E-state index >= 15 is 0 Å². The fourth-order valence-corrected chi connectivity index (χ4v) is 3.28. The zero-order chi connectivity index (χ0) is 16.0. The minimum Gasteiger partial charge on any atom is -0.352 e. The molecule has 0 aromatic heterocycles. The quantitative estimate of drug-likeness (QED) is 0.864. The molecule has 21 heavy (non-hydrogen) atoms. The molecule has 0 heterocycles. The van der Waals surface area contributed by atoms with Crippen molar-refractivity contribution in [1.82, 2.24) is 5.32 Å². The maximum atomic E-state index is 12.3. The van der Waals surface area contributed by atoms with E-state index in [1.54, 1.807) is 13.8 Å². The third-order valence-electron chi connectivity index (χ3n) is 4.39. The molecule has 1 fully saturated rings. The Bertz CT molecular complexity index is 695. The molecule has 2 rings (SSSR count). The van der Waals surface area contributed by atoms with Gasteiger partial charge in [-0.15, -0.1) is 0 Å². The molecule has 1 aromatic rings. The van der Waals surface area contributed by atoms with Crippen LogP contribution in [0.3, 0.4) is 0 Å². The first kappa shape index (κ1) is 16.3. The van der Waals surface area contributed by atoms with Gasteiger partial charge in [0.05, 0.1) is 4.90 Å². The van der Waals surface area contributed by atoms with Gasteiger partial charge in [-0.05, 0) is 54.9 Å². The van der Waals surface area contributed by atoms with Gasteiger partial charge in [-0.1, -0.05) is 13.8 Å². The zero-order valence-corrected chi connectivity index (χ0v) is 14.2. The van der Waals surface area contributed by atoms with Crippen molar-refractivity contribution in [2.24, 2.45) is 11.3 Å². The number of aryl methyl sites for hydroxylation is 1. The van der Waals surface area contributed by atoms with Gasteiger partial charge < -0.3 is 5.32 Å². The van der Waals surface area contributed by atoms with Crippen molar-refractivity contribution in [3.63, 3.8) is 0 Å². The minimum absolute atomic E-state index is 0.0378. The molecule has 0 radical (unpaired) electrons. The highest BCUT2D eigenvalue weighted by molar-refractivity contribution is 8.13. The van der Waals surface area contributed by atoms with Gasteiger partial charge in [-0.3, -0.25) is 4.79 Å². The van der Waals surface area contributed by atoms with Crippen LogP contribution >= 0.6 is 10.7 Å². The van der Waals surface area contributed by atoms with Gasteiger partial charge in [0.25, 0.3) is 15.0 Å². The molecular weight excluding hydrogens is 310 g/mol. The second-order valence-corrected chi connectivity index (χ2v) is 9.02. The van der Waals surface area contributed by atoms with Gasteiger partial charge in [0, 0.05) is 22.8 Å². The number of amides is 1. The van der Waals surface area contributed by atoms with Gasteiger partial charge in [0.1, 0.15) is 0 Å². The van der Waals surface area contributed by atoms with E-state index in [0.717, 1.165) is 17.5 Å². The fourth-order valence-electron chi connectivity index (χ4n) is 2.44. The highest BCUT2D eigenvalue weighted by Crippen LogP contribution is 2.51. The number of hydrogen-bond acceptors (Lipinski definition) is 3. The molecule has 6 heteroatoms. The van der Waals surface area contributed by atoms with Gasteiger partial charge in [0.15, 0.2) is 0 Å². The molecule has 0 saturated heterocycles. The van der Waals surface area contributed by atoms with Crippen LogP contribution < -0.4 is 5.32 Å². The summed E-state index contributed by atoms with van der Waals surface area (Å²) in [6.07, 6.45) is 1.10. The van der Waals surface area contributed by atoms with E-state index in [4.69, 9.17) is 10.7 Å². The fraction of sp³-hybridized carbons (Fsp3) is 0.533. The van der Waals surface area contributed by atoms with Crippen LogP contribution in [0.2, 0.25) is 0 Å². The molecule has 1 saturated carbocycles. The molecular formula is C15H20ClNO3S. The Morgan fingerprint density at radius 1 is 1.38 bits per heavy atom. The first-order chi connectivity index (χ1) is 9.52.